The van der Waals surface area contributed by atoms with Gasteiger partial charge in [0.15, 0.2) is 0 Å². The van der Waals surface area contributed by atoms with Gasteiger partial charge in [0.2, 0.25) is 0 Å². The number of pyridine rings is 1. The normalized spacial score (nSPS) is 12.2. The van der Waals surface area contributed by atoms with Gasteiger partial charge in [0, 0.05) is 27.6 Å². The number of fused-ring (bicyclic) bond motifs is 4. The Hall–Kier alpha value is -3.92. The molecule has 0 fully saturated rings. The molecule has 0 saturated heterocycles. The molecule has 0 saturated carbocycles. The van der Waals surface area contributed by atoms with Crippen LogP contribution >= 0.6 is 0 Å². The van der Waals surface area contributed by atoms with Crippen LogP contribution < -0.4 is 0 Å². The first kappa shape index (κ1) is 18.8. The van der Waals surface area contributed by atoms with E-state index in [-0.39, 0.29) is 5.41 Å². The summed E-state index contributed by atoms with van der Waals surface area (Å²) in [4.78, 5) is 9.76. The van der Waals surface area contributed by atoms with Crippen LogP contribution in [0.15, 0.2) is 89.5 Å². The summed E-state index contributed by atoms with van der Waals surface area (Å²) in [5.74, 6) is 0.851. The van der Waals surface area contributed by atoms with Crippen LogP contribution in [0, 0.1) is 0 Å². The van der Waals surface area contributed by atoms with E-state index in [1.54, 1.807) is 0 Å². The quantitative estimate of drug-likeness (QED) is 0.297. The van der Waals surface area contributed by atoms with Gasteiger partial charge in [0.25, 0.3) is 0 Å². The molecule has 32 heavy (non-hydrogen) atoms. The highest BCUT2D eigenvalue weighted by Gasteiger charge is 2.22. The molecule has 6 rings (SSSR count). The summed E-state index contributed by atoms with van der Waals surface area (Å²) in [6.45, 7) is 6.54. The number of rotatable bonds is 2. The summed E-state index contributed by atoms with van der Waals surface area (Å²) < 4.78 is 8.55. The molecule has 0 amide bonds. The molecule has 6 aromatic rings. The van der Waals surface area contributed by atoms with Gasteiger partial charge in [-0.2, -0.15) is 0 Å². The van der Waals surface area contributed by atoms with Gasteiger partial charge in [-0.25, -0.2) is 4.98 Å². The summed E-state index contributed by atoms with van der Waals surface area (Å²) in [6.07, 6.45) is 1.89. The first-order valence-electron chi connectivity index (χ1n) is 10.9. The predicted molar refractivity (Wildman–Crippen MR) is 130 cm³/mol. The Balaban J connectivity index is 1.72. The van der Waals surface area contributed by atoms with E-state index >= 15 is 0 Å². The summed E-state index contributed by atoms with van der Waals surface area (Å²) >= 11 is 0. The summed E-state index contributed by atoms with van der Waals surface area (Å²) in [5.41, 5.74) is 6.65. The zero-order valence-electron chi connectivity index (χ0n) is 18.3. The zero-order valence-corrected chi connectivity index (χ0v) is 18.3. The van der Waals surface area contributed by atoms with Crippen LogP contribution in [0.25, 0.3) is 50.0 Å². The lowest BCUT2D eigenvalue weighted by Gasteiger charge is -2.18. The van der Waals surface area contributed by atoms with Gasteiger partial charge < -0.3 is 4.42 Å². The molecule has 0 unspecified atom stereocenters. The molecule has 4 nitrogen and oxygen atoms in total. The van der Waals surface area contributed by atoms with Crippen molar-refractivity contribution in [3.63, 3.8) is 0 Å². The van der Waals surface area contributed by atoms with Crippen molar-refractivity contribution in [1.29, 1.82) is 0 Å². The van der Waals surface area contributed by atoms with E-state index in [9.17, 15) is 0 Å². The number of furan rings is 1. The van der Waals surface area contributed by atoms with Crippen molar-refractivity contribution < 1.29 is 4.42 Å². The van der Waals surface area contributed by atoms with Gasteiger partial charge in [-0.05, 0) is 30.3 Å². The summed E-state index contributed by atoms with van der Waals surface area (Å²) in [7, 11) is 0. The summed E-state index contributed by atoms with van der Waals surface area (Å²) in [5, 5.41) is 2.21. The van der Waals surface area contributed by atoms with Gasteiger partial charge in [-0.15, -0.1) is 0 Å². The largest absolute Gasteiger partial charge is 0.455 e. The molecule has 0 aliphatic carbocycles. The first-order valence-corrected chi connectivity index (χ1v) is 10.9. The number of aromatic nitrogens is 3. The van der Waals surface area contributed by atoms with Gasteiger partial charge in [0.1, 0.15) is 22.5 Å². The number of nitrogens with zero attached hydrogens (tertiary/aromatic N) is 3. The van der Waals surface area contributed by atoms with E-state index < -0.39 is 0 Å². The molecule has 3 heterocycles. The third kappa shape index (κ3) is 2.83. The van der Waals surface area contributed by atoms with Crippen LogP contribution in [-0.4, -0.2) is 14.5 Å². The second-order valence-corrected chi connectivity index (χ2v) is 9.20. The average molecular weight is 418 g/mol. The molecule has 4 heteroatoms. The average Bonchev–Trinajstić information content (AvgIpc) is 3.37. The second-order valence-electron chi connectivity index (χ2n) is 9.20. The maximum absolute atomic E-state index is 6.33. The highest BCUT2D eigenvalue weighted by Crippen LogP contribution is 2.38. The van der Waals surface area contributed by atoms with Crippen LogP contribution in [0.1, 0.15) is 26.5 Å². The predicted octanol–water partition coefficient (Wildman–Crippen LogP) is 7.28. The minimum Gasteiger partial charge on any atom is -0.455 e. The van der Waals surface area contributed by atoms with Crippen LogP contribution in [0.3, 0.4) is 0 Å². The van der Waals surface area contributed by atoms with E-state index in [0.29, 0.717) is 0 Å². The van der Waals surface area contributed by atoms with Crippen LogP contribution in [0.5, 0.6) is 0 Å². The molecule has 0 aliphatic rings. The van der Waals surface area contributed by atoms with Crippen LogP contribution in [-0.2, 0) is 5.41 Å². The van der Waals surface area contributed by atoms with Crippen molar-refractivity contribution in [2.45, 2.75) is 26.2 Å². The van der Waals surface area contributed by atoms with Crippen LogP contribution in [0.2, 0.25) is 0 Å². The van der Waals surface area contributed by atoms with Crippen molar-refractivity contribution in [2.75, 3.05) is 0 Å². The Morgan fingerprint density at radius 3 is 2.38 bits per heavy atom. The fraction of sp³-hybridized carbons (Fsp3) is 0.143. The maximum atomic E-state index is 6.33. The van der Waals surface area contributed by atoms with Crippen molar-refractivity contribution in [3.8, 4) is 17.1 Å². The highest BCUT2D eigenvalue weighted by molar-refractivity contribution is 6.09. The molecular weight excluding hydrogens is 394 g/mol. The second kappa shape index (κ2) is 6.79. The minimum absolute atomic E-state index is 0.0567. The van der Waals surface area contributed by atoms with Gasteiger partial charge >= 0.3 is 0 Å². The topological polar surface area (TPSA) is 43.9 Å². The molecule has 156 valence electrons. The molecular formula is C28H23N3O. The number of benzene rings is 3. The van der Waals surface area contributed by atoms with E-state index in [0.717, 1.165) is 55.7 Å². The molecule has 0 N–H and O–H groups in total. The van der Waals surface area contributed by atoms with Crippen molar-refractivity contribution in [1.82, 2.24) is 14.5 Å². The zero-order chi connectivity index (χ0) is 21.9. The molecule has 0 bridgehead atoms. The van der Waals surface area contributed by atoms with E-state index in [1.807, 2.05) is 30.5 Å². The lowest BCUT2D eigenvalue weighted by molar-refractivity contribution is 0.570. The molecule has 0 spiro atoms. The SMILES string of the molecule is CC(C)(C)c1cc2c(cn1)nc(-c1cccc3c1oc1ccccc13)n2-c1ccccc1. The van der Waals surface area contributed by atoms with Gasteiger partial charge in [0.05, 0.1) is 17.3 Å². The van der Waals surface area contributed by atoms with E-state index in [2.05, 4.69) is 79.9 Å². The molecule has 3 aromatic carbocycles. The number of hydrogen-bond donors (Lipinski definition) is 0. The monoisotopic (exact) mass is 417 g/mol. The van der Waals surface area contributed by atoms with Crippen molar-refractivity contribution in [2.24, 2.45) is 0 Å². The third-order valence-corrected chi connectivity index (χ3v) is 5.97. The van der Waals surface area contributed by atoms with Crippen molar-refractivity contribution in [3.05, 3.63) is 90.8 Å². The Morgan fingerprint density at radius 1 is 0.812 bits per heavy atom. The Labute approximate surface area is 186 Å². The number of imidazole rings is 1. The minimum atomic E-state index is -0.0567. The third-order valence-electron chi connectivity index (χ3n) is 5.97. The smallest absolute Gasteiger partial charge is 0.149 e. The Kier molecular flexibility index (Phi) is 3.99. The molecule has 0 radical (unpaired) electrons. The maximum Gasteiger partial charge on any atom is 0.149 e. The first-order chi connectivity index (χ1) is 15.5. The van der Waals surface area contributed by atoms with E-state index in [4.69, 9.17) is 14.4 Å². The lowest BCUT2D eigenvalue weighted by Crippen LogP contribution is -2.13. The standard InChI is InChI=1S/C28H23N3O/c1-28(2,3)25-16-23-22(17-29-25)30-27(31(23)18-10-5-4-6-11-18)21-14-9-13-20-19-12-7-8-15-24(19)32-26(20)21/h4-17H,1-3H3. The Bertz CT molecular complexity index is 1600. The lowest BCUT2D eigenvalue weighted by atomic mass is 9.91. The van der Waals surface area contributed by atoms with Gasteiger partial charge in [-0.1, -0.05) is 69.3 Å². The molecule has 0 atom stereocenters. The summed E-state index contributed by atoms with van der Waals surface area (Å²) in [6, 6.07) is 27.0. The fourth-order valence-electron chi connectivity index (χ4n) is 4.33. The fourth-order valence-corrected chi connectivity index (χ4v) is 4.33. The van der Waals surface area contributed by atoms with Crippen LogP contribution in [0.4, 0.5) is 0 Å². The molecule has 3 aromatic heterocycles. The van der Waals surface area contributed by atoms with Gasteiger partial charge in [-0.3, -0.25) is 9.55 Å². The number of para-hydroxylation sites is 3. The Morgan fingerprint density at radius 2 is 1.56 bits per heavy atom. The highest BCUT2D eigenvalue weighted by atomic mass is 16.3. The molecule has 0 aliphatic heterocycles. The number of hydrogen-bond acceptors (Lipinski definition) is 3. The van der Waals surface area contributed by atoms with E-state index in [1.165, 1.54) is 0 Å². The van der Waals surface area contributed by atoms with Crippen molar-refractivity contribution >= 4 is 33.0 Å².